The number of carbonyl (C=O) groups is 2. The van der Waals surface area contributed by atoms with Crippen LogP contribution < -0.4 is 21.1 Å². The summed E-state index contributed by atoms with van der Waals surface area (Å²) in [7, 11) is 3.65. The van der Waals surface area contributed by atoms with Crippen LogP contribution in [0.3, 0.4) is 0 Å². The van der Waals surface area contributed by atoms with Crippen LogP contribution >= 0.6 is 0 Å². The molecule has 0 radical (unpaired) electrons. The largest absolute Gasteiger partial charge is 0.493 e. The molecule has 3 rings (SSSR count). The van der Waals surface area contributed by atoms with Gasteiger partial charge in [-0.05, 0) is 50.0 Å². The predicted molar refractivity (Wildman–Crippen MR) is 170 cm³/mol. The first-order valence-electron chi connectivity index (χ1n) is 15.6. The number of guanidine groups is 1. The summed E-state index contributed by atoms with van der Waals surface area (Å²) in [5, 5.41) is 5.93. The van der Waals surface area contributed by atoms with Crippen LogP contribution in [0.25, 0.3) is 11.1 Å². The number of amides is 1. The smallest absolute Gasteiger partial charge is 0.490 e. The number of aliphatic imine (C=N–C) groups is 1. The minimum Gasteiger partial charge on any atom is -0.493 e. The number of halogens is 3. The van der Waals surface area contributed by atoms with Crippen molar-refractivity contribution in [3.63, 3.8) is 0 Å². The maximum absolute atomic E-state index is 13.3. The van der Waals surface area contributed by atoms with Crippen molar-refractivity contribution in [3.05, 3.63) is 53.6 Å². The number of nitrogens with zero attached hydrogens (tertiary/aromatic N) is 2. The van der Waals surface area contributed by atoms with E-state index in [4.69, 9.17) is 19.9 Å². The van der Waals surface area contributed by atoms with Gasteiger partial charge in [-0.2, -0.15) is 13.2 Å². The van der Waals surface area contributed by atoms with Gasteiger partial charge in [-0.15, -0.1) is 0 Å². The standard InChI is InChI=1S/C33H46F3N5O5/c1-5-6-16-38-32(37)40-30(42)28(46-31(43)33(34,35)36)20-24-13-14-25(23-11-8-7-9-12-23)26(29(24)45-19-10-18-44-4)21-39-27-15-17-41(3)22(27)2/h7-9,11-14,22,27-28,39H,5-6,10,15-21H2,1-4H3,(H3,37,38,40,42). The lowest BCUT2D eigenvalue weighted by Crippen LogP contribution is -2.46. The molecule has 13 heteroatoms. The summed E-state index contributed by atoms with van der Waals surface area (Å²) >= 11 is 0. The van der Waals surface area contributed by atoms with E-state index in [1.54, 1.807) is 13.2 Å². The Morgan fingerprint density at radius 2 is 1.87 bits per heavy atom. The van der Waals surface area contributed by atoms with E-state index in [1.807, 2.05) is 43.3 Å². The zero-order valence-electron chi connectivity index (χ0n) is 27.0. The minimum atomic E-state index is -5.31. The number of hydrogen-bond acceptors (Lipinski definition) is 8. The molecule has 3 atom stereocenters. The second-order valence-electron chi connectivity index (χ2n) is 11.3. The van der Waals surface area contributed by atoms with Crippen LogP contribution in [0.1, 0.15) is 50.7 Å². The van der Waals surface area contributed by atoms with E-state index in [-0.39, 0.29) is 24.7 Å². The monoisotopic (exact) mass is 649 g/mol. The quantitative estimate of drug-likeness (QED) is 0.107. The minimum absolute atomic E-state index is 0.194. The van der Waals surface area contributed by atoms with Crippen LogP contribution in [-0.4, -0.2) is 87.6 Å². The highest BCUT2D eigenvalue weighted by atomic mass is 19.4. The Morgan fingerprint density at radius 1 is 1.13 bits per heavy atom. The summed E-state index contributed by atoms with van der Waals surface area (Å²) in [4.78, 5) is 31.5. The molecule has 2 aromatic carbocycles. The number of likely N-dealkylation sites (N-methyl/N-ethyl adjacent to an activating group) is 1. The van der Waals surface area contributed by atoms with Crippen LogP contribution in [0.5, 0.6) is 5.75 Å². The van der Waals surface area contributed by atoms with E-state index in [2.05, 4.69) is 34.5 Å². The molecule has 10 nitrogen and oxygen atoms in total. The topological polar surface area (TPSA) is 128 Å². The third-order valence-corrected chi connectivity index (χ3v) is 8.00. The summed E-state index contributed by atoms with van der Waals surface area (Å²) < 4.78 is 56.2. The first-order valence-corrected chi connectivity index (χ1v) is 15.6. The van der Waals surface area contributed by atoms with Crippen molar-refractivity contribution < 1.29 is 37.0 Å². The Morgan fingerprint density at radius 3 is 2.50 bits per heavy atom. The molecule has 1 amide bonds. The van der Waals surface area contributed by atoms with E-state index >= 15 is 0 Å². The SMILES string of the molecule is CCCCN=C(N)NC(=O)C(Cc1ccc(-c2ccccc2)c(CNC2CCN(C)C2C)c1OCCCOC)OC(=O)C(F)(F)F. The van der Waals surface area contributed by atoms with Gasteiger partial charge in [0.15, 0.2) is 12.1 Å². The zero-order chi connectivity index (χ0) is 33.7. The molecular formula is C33H46F3N5O5. The molecule has 2 aromatic rings. The second-order valence-corrected chi connectivity index (χ2v) is 11.3. The van der Waals surface area contributed by atoms with Gasteiger partial charge in [0.1, 0.15) is 5.75 Å². The molecule has 46 heavy (non-hydrogen) atoms. The predicted octanol–water partition coefficient (Wildman–Crippen LogP) is 4.20. The van der Waals surface area contributed by atoms with E-state index in [0.717, 1.165) is 36.1 Å². The van der Waals surface area contributed by atoms with Gasteiger partial charge < -0.3 is 30.2 Å². The number of benzene rings is 2. The lowest BCUT2D eigenvalue weighted by molar-refractivity contribution is -0.205. The molecule has 0 bridgehead atoms. The second kappa shape index (κ2) is 17.9. The number of esters is 1. The average Bonchev–Trinajstić information content (AvgIpc) is 3.34. The number of nitrogens with one attached hydrogen (secondary N) is 2. The Hall–Kier alpha value is -3.68. The van der Waals surface area contributed by atoms with Crippen molar-refractivity contribution in [1.29, 1.82) is 0 Å². The molecule has 0 saturated carbocycles. The number of methoxy groups -OCH3 is 1. The summed E-state index contributed by atoms with van der Waals surface area (Å²) in [5.41, 5.74) is 8.76. The molecule has 1 aliphatic rings. The van der Waals surface area contributed by atoms with E-state index < -0.39 is 30.6 Å². The van der Waals surface area contributed by atoms with Gasteiger partial charge in [-0.25, -0.2) is 4.79 Å². The fourth-order valence-corrected chi connectivity index (χ4v) is 5.25. The van der Waals surface area contributed by atoms with E-state index in [9.17, 15) is 22.8 Å². The van der Waals surface area contributed by atoms with Gasteiger partial charge in [0.25, 0.3) is 5.91 Å². The van der Waals surface area contributed by atoms with Crippen LogP contribution in [0, 0.1) is 0 Å². The lowest BCUT2D eigenvalue weighted by atomic mass is 9.93. The number of nitrogens with two attached hydrogens (primary N) is 1. The summed E-state index contributed by atoms with van der Waals surface area (Å²) in [6, 6.07) is 13.7. The number of likely N-dealkylation sites (tertiary alicyclic amines) is 1. The van der Waals surface area contributed by atoms with Crippen LogP contribution in [-0.2, 0) is 32.0 Å². The Labute approximate surface area is 268 Å². The molecule has 0 spiro atoms. The van der Waals surface area contributed by atoms with Crippen LogP contribution in [0.2, 0.25) is 0 Å². The van der Waals surface area contributed by atoms with Crippen molar-refractivity contribution >= 4 is 17.8 Å². The fraction of sp³-hybridized carbons (Fsp3) is 0.545. The summed E-state index contributed by atoms with van der Waals surface area (Å²) in [6.45, 7) is 6.42. The molecule has 0 aromatic heterocycles. The van der Waals surface area contributed by atoms with Crippen molar-refractivity contribution in [3.8, 4) is 16.9 Å². The molecule has 3 unspecified atom stereocenters. The third kappa shape index (κ3) is 10.7. The summed E-state index contributed by atoms with van der Waals surface area (Å²) in [5.74, 6) is -3.40. The van der Waals surface area contributed by atoms with Crippen molar-refractivity contribution in [2.45, 2.75) is 76.9 Å². The Kier molecular flexibility index (Phi) is 14.3. The molecule has 0 aliphatic carbocycles. The van der Waals surface area contributed by atoms with Crippen molar-refractivity contribution in [2.24, 2.45) is 10.7 Å². The normalized spacial score (nSPS) is 17.9. The molecule has 4 N–H and O–H groups in total. The zero-order valence-corrected chi connectivity index (χ0v) is 27.0. The highest BCUT2D eigenvalue weighted by molar-refractivity contribution is 5.99. The molecule has 1 fully saturated rings. The number of carbonyl (C=O) groups excluding carboxylic acids is 2. The lowest BCUT2D eigenvalue weighted by Gasteiger charge is -2.25. The summed E-state index contributed by atoms with van der Waals surface area (Å²) in [6.07, 6.45) is -4.57. The highest BCUT2D eigenvalue weighted by Gasteiger charge is 2.43. The van der Waals surface area contributed by atoms with E-state index in [0.29, 0.717) is 43.9 Å². The van der Waals surface area contributed by atoms with Gasteiger partial charge in [-0.1, -0.05) is 55.8 Å². The van der Waals surface area contributed by atoms with Gasteiger partial charge in [-0.3, -0.25) is 15.1 Å². The molecular weight excluding hydrogens is 603 g/mol. The van der Waals surface area contributed by atoms with Crippen LogP contribution in [0.15, 0.2) is 47.5 Å². The molecule has 1 aliphatic heterocycles. The first-order chi connectivity index (χ1) is 22.0. The van der Waals surface area contributed by atoms with Gasteiger partial charge >= 0.3 is 12.1 Å². The highest BCUT2D eigenvalue weighted by Crippen LogP contribution is 2.36. The number of hydrogen-bond donors (Lipinski definition) is 3. The average molecular weight is 650 g/mol. The Balaban J connectivity index is 2.06. The van der Waals surface area contributed by atoms with Gasteiger partial charge in [0, 0.05) is 57.3 Å². The molecule has 254 valence electrons. The number of ether oxygens (including phenoxy) is 3. The molecule has 1 heterocycles. The van der Waals surface area contributed by atoms with Gasteiger partial charge in [0.05, 0.1) is 6.61 Å². The molecule has 1 saturated heterocycles. The first kappa shape index (κ1) is 36.8. The fourth-order valence-electron chi connectivity index (χ4n) is 5.25. The maximum atomic E-state index is 13.3. The van der Waals surface area contributed by atoms with Crippen molar-refractivity contribution in [2.75, 3.05) is 40.5 Å². The Bertz CT molecular complexity index is 1310. The van der Waals surface area contributed by atoms with Crippen LogP contribution in [0.4, 0.5) is 13.2 Å². The van der Waals surface area contributed by atoms with Gasteiger partial charge in [0.2, 0.25) is 0 Å². The van der Waals surface area contributed by atoms with E-state index in [1.165, 1.54) is 0 Å². The number of alkyl halides is 3. The third-order valence-electron chi connectivity index (χ3n) is 8.00. The number of unbranched alkanes of at least 4 members (excludes halogenated alkanes) is 1. The maximum Gasteiger partial charge on any atom is 0.490 e. The number of rotatable bonds is 16. The van der Waals surface area contributed by atoms with Crippen molar-refractivity contribution in [1.82, 2.24) is 15.5 Å².